The number of piperazine rings is 1. The molecule has 0 radical (unpaired) electrons. The molecule has 11 heteroatoms. The summed E-state index contributed by atoms with van der Waals surface area (Å²) in [7, 11) is -3.69. The Labute approximate surface area is 185 Å². The summed E-state index contributed by atoms with van der Waals surface area (Å²) in [6.07, 6.45) is 1.29. The molecule has 0 aliphatic carbocycles. The smallest absolute Gasteiger partial charge is 0.395 e. The first-order valence-electron chi connectivity index (χ1n) is 9.66. The molecule has 2 aromatic rings. The van der Waals surface area contributed by atoms with Crippen LogP contribution in [0.3, 0.4) is 0 Å². The molecule has 3 rings (SSSR count). The van der Waals surface area contributed by atoms with E-state index in [1.54, 1.807) is 19.1 Å². The second-order valence-corrected chi connectivity index (χ2v) is 8.90. The maximum atomic E-state index is 12.9. The lowest BCUT2D eigenvalue weighted by atomic mass is 9.99. The molecular formula is C21H25F3N4O3S. The zero-order valence-corrected chi connectivity index (χ0v) is 18.3. The summed E-state index contributed by atoms with van der Waals surface area (Å²) in [5.74, 6) is 0.554. The van der Waals surface area contributed by atoms with Gasteiger partial charge >= 0.3 is 6.18 Å². The number of aliphatic hydroxyl groups is 1. The molecule has 2 heterocycles. The van der Waals surface area contributed by atoms with E-state index >= 15 is 0 Å². The molecule has 1 aromatic heterocycles. The predicted octanol–water partition coefficient (Wildman–Crippen LogP) is 2.45. The molecule has 1 aliphatic heterocycles. The summed E-state index contributed by atoms with van der Waals surface area (Å²) in [5.41, 5.74) is 6.17. The maximum Gasteiger partial charge on any atom is 0.397 e. The highest BCUT2D eigenvalue weighted by Gasteiger charge is 2.40. The van der Waals surface area contributed by atoms with Gasteiger partial charge in [0.25, 0.3) is 0 Å². The molecule has 1 aromatic carbocycles. The number of pyridine rings is 1. The van der Waals surface area contributed by atoms with Crippen molar-refractivity contribution in [2.45, 2.75) is 23.9 Å². The summed E-state index contributed by atoms with van der Waals surface area (Å²) in [6.45, 7) is 1.89. The van der Waals surface area contributed by atoms with Gasteiger partial charge in [-0.2, -0.15) is 17.5 Å². The highest BCUT2D eigenvalue weighted by Crippen LogP contribution is 2.35. The highest BCUT2D eigenvalue weighted by molar-refractivity contribution is 7.89. The topological polar surface area (TPSA) is 99.8 Å². The number of hydrogen-bond donors (Lipinski definition) is 2. The number of rotatable bonds is 5. The van der Waals surface area contributed by atoms with Gasteiger partial charge < -0.3 is 15.7 Å². The van der Waals surface area contributed by atoms with Crippen molar-refractivity contribution >= 4 is 21.5 Å². The molecule has 1 saturated heterocycles. The first kappa shape index (κ1) is 25.5. The van der Waals surface area contributed by atoms with Gasteiger partial charge in [0.1, 0.15) is 16.6 Å². The standard InChI is InChI=1S/C18H21F3N4O3S.C3H4/c19-18(20,21)16(12-26)13-1-3-14(4-2-13)24-7-9-25(10-8-24)29(27,28)15-5-6-17(22)23-11-15;1-3-2/h1-6,11,16,26H,7-10,12H2,(H2,22,23);1H,2H3. The molecule has 0 saturated carbocycles. The third-order valence-electron chi connectivity index (χ3n) is 4.87. The zero-order chi connectivity index (χ0) is 23.9. The number of anilines is 2. The minimum Gasteiger partial charge on any atom is -0.395 e. The van der Waals surface area contributed by atoms with E-state index in [0.717, 1.165) is 0 Å². The van der Waals surface area contributed by atoms with Crippen LogP contribution in [0.4, 0.5) is 24.7 Å². The van der Waals surface area contributed by atoms with Crippen molar-refractivity contribution in [3.05, 3.63) is 48.2 Å². The van der Waals surface area contributed by atoms with Crippen LogP contribution < -0.4 is 10.6 Å². The number of alkyl halides is 3. The number of nitrogens with zero attached hydrogens (tertiary/aromatic N) is 3. The van der Waals surface area contributed by atoms with Crippen LogP contribution in [-0.2, 0) is 10.0 Å². The lowest BCUT2D eigenvalue weighted by Crippen LogP contribution is -2.48. The van der Waals surface area contributed by atoms with Gasteiger partial charge in [-0.25, -0.2) is 13.4 Å². The molecular weight excluding hydrogens is 445 g/mol. The number of halogens is 3. The van der Waals surface area contributed by atoms with Gasteiger partial charge in [-0.15, -0.1) is 12.3 Å². The number of benzene rings is 1. The lowest BCUT2D eigenvalue weighted by molar-refractivity contribution is -0.158. The Morgan fingerprint density at radius 1 is 1.16 bits per heavy atom. The second-order valence-electron chi connectivity index (χ2n) is 6.97. The van der Waals surface area contributed by atoms with Gasteiger partial charge in [0.2, 0.25) is 10.0 Å². The number of hydrogen-bond acceptors (Lipinski definition) is 6. The van der Waals surface area contributed by atoms with E-state index in [1.165, 1.54) is 34.8 Å². The van der Waals surface area contributed by atoms with Crippen molar-refractivity contribution in [3.8, 4) is 12.3 Å². The lowest BCUT2D eigenvalue weighted by Gasteiger charge is -2.35. The SMILES string of the molecule is C#CC.Nc1ccc(S(=O)(=O)N2CCN(c3ccc(C(CO)C(F)(F)F)cc3)CC2)cn1. The minimum atomic E-state index is -4.52. The van der Waals surface area contributed by atoms with Crippen LogP contribution in [0.2, 0.25) is 0 Å². The number of terminal acetylenes is 1. The molecule has 1 atom stereocenters. The average molecular weight is 471 g/mol. The largest absolute Gasteiger partial charge is 0.397 e. The molecule has 0 bridgehead atoms. The first-order chi connectivity index (χ1) is 15.0. The Balaban J connectivity index is 0.00000114. The maximum absolute atomic E-state index is 12.9. The molecule has 32 heavy (non-hydrogen) atoms. The van der Waals surface area contributed by atoms with E-state index in [9.17, 15) is 21.6 Å². The fourth-order valence-corrected chi connectivity index (χ4v) is 4.56. The molecule has 1 fully saturated rings. The molecule has 174 valence electrons. The van der Waals surface area contributed by atoms with Crippen LogP contribution in [0.15, 0.2) is 47.5 Å². The summed E-state index contributed by atoms with van der Waals surface area (Å²) in [5, 5.41) is 9.04. The van der Waals surface area contributed by atoms with Crippen molar-refractivity contribution in [1.82, 2.24) is 9.29 Å². The number of aliphatic hydroxyl groups excluding tert-OH is 1. The van der Waals surface area contributed by atoms with Gasteiger partial charge in [0.15, 0.2) is 0 Å². The van der Waals surface area contributed by atoms with Crippen molar-refractivity contribution in [2.75, 3.05) is 43.4 Å². The third kappa shape index (κ3) is 6.12. The Hall–Kier alpha value is -2.81. The molecule has 0 amide bonds. The van der Waals surface area contributed by atoms with Gasteiger partial charge in [-0.05, 0) is 36.8 Å². The van der Waals surface area contributed by atoms with Crippen molar-refractivity contribution in [3.63, 3.8) is 0 Å². The molecule has 1 aliphatic rings. The van der Waals surface area contributed by atoms with E-state index in [-0.39, 0.29) is 29.4 Å². The number of aromatic nitrogens is 1. The monoisotopic (exact) mass is 470 g/mol. The molecule has 0 spiro atoms. The van der Waals surface area contributed by atoms with E-state index < -0.39 is 28.7 Å². The summed E-state index contributed by atoms with van der Waals surface area (Å²) >= 11 is 0. The van der Waals surface area contributed by atoms with E-state index in [4.69, 9.17) is 10.8 Å². The quantitative estimate of drug-likeness (QED) is 0.652. The van der Waals surface area contributed by atoms with Crippen LogP contribution in [0, 0.1) is 12.3 Å². The van der Waals surface area contributed by atoms with E-state index in [0.29, 0.717) is 18.8 Å². The van der Waals surface area contributed by atoms with Crippen molar-refractivity contribution < 1.29 is 26.7 Å². The highest BCUT2D eigenvalue weighted by atomic mass is 32.2. The zero-order valence-electron chi connectivity index (χ0n) is 17.5. The summed E-state index contributed by atoms with van der Waals surface area (Å²) in [4.78, 5) is 5.78. The number of nitrogen functional groups attached to an aromatic ring is 1. The van der Waals surface area contributed by atoms with Crippen LogP contribution in [0.25, 0.3) is 0 Å². The van der Waals surface area contributed by atoms with Crippen molar-refractivity contribution in [1.29, 1.82) is 0 Å². The fourth-order valence-electron chi connectivity index (χ4n) is 3.20. The van der Waals surface area contributed by atoms with Crippen LogP contribution in [0.1, 0.15) is 18.4 Å². The first-order valence-corrected chi connectivity index (χ1v) is 11.1. The normalized spacial score (nSPS) is 15.9. The minimum absolute atomic E-state index is 0.0131. The Morgan fingerprint density at radius 3 is 2.16 bits per heavy atom. The van der Waals surface area contributed by atoms with Crippen LogP contribution >= 0.6 is 0 Å². The van der Waals surface area contributed by atoms with E-state index in [2.05, 4.69) is 17.3 Å². The van der Waals surface area contributed by atoms with Gasteiger partial charge in [0.05, 0.1) is 6.61 Å². The summed E-state index contributed by atoms with van der Waals surface area (Å²) in [6, 6.07) is 8.61. The number of nitrogens with two attached hydrogens (primary N) is 1. The van der Waals surface area contributed by atoms with Gasteiger partial charge in [-0.3, -0.25) is 0 Å². The van der Waals surface area contributed by atoms with Crippen molar-refractivity contribution in [2.24, 2.45) is 0 Å². The third-order valence-corrected chi connectivity index (χ3v) is 6.76. The van der Waals surface area contributed by atoms with Crippen LogP contribution in [-0.4, -0.2) is 61.8 Å². The number of sulfonamides is 1. The Kier molecular flexibility index (Phi) is 8.49. The van der Waals surface area contributed by atoms with Gasteiger partial charge in [-0.1, -0.05) is 12.1 Å². The Morgan fingerprint density at radius 2 is 1.72 bits per heavy atom. The molecule has 7 nitrogen and oxygen atoms in total. The predicted molar refractivity (Wildman–Crippen MR) is 116 cm³/mol. The van der Waals surface area contributed by atoms with Gasteiger partial charge in [0, 0.05) is 38.1 Å². The Bertz CT molecular complexity index is 1010. The van der Waals surface area contributed by atoms with E-state index in [1.807, 2.05) is 4.90 Å². The second kappa shape index (κ2) is 10.7. The molecule has 1 unspecified atom stereocenters. The van der Waals surface area contributed by atoms with Crippen LogP contribution in [0.5, 0.6) is 0 Å². The average Bonchev–Trinajstić information content (AvgIpc) is 2.75. The molecule has 3 N–H and O–H groups in total. The fraction of sp³-hybridized carbons (Fsp3) is 0.381. The summed E-state index contributed by atoms with van der Waals surface area (Å²) < 4.78 is 65.5.